The molecule has 0 saturated carbocycles. The SMILES string of the molecule is COc1ccc(S(N)(=O)=O)cc1C(=O)N(C)Cc1cn(-c2ccccc2)nc1-c1ccccc1. The number of para-hydroxylation sites is 1. The molecule has 34 heavy (non-hydrogen) atoms. The Hall–Kier alpha value is -3.95. The third-order valence-electron chi connectivity index (χ3n) is 5.34. The van der Waals surface area contributed by atoms with Crippen molar-refractivity contribution in [1.29, 1.82) is 0 Å². The Labute approximate surface area is 198 Å². The molecule has 1 amide bonds. The van der Waals surface area contributed by atoms with Gasteiger partial charge in [-0.3, -0.25) is 4.79 Å². The van der Waals surface area contributed by atoms with Gasteiger partial charge in [0.1, 0.15) is 5.75 Å². The number of rotatable bonds is 7. The predicted octanol–water partition coefficient (Wildman–Crippen LogP) is 3.47. The van der Waals surface area contributed by atoms with Crippen LogP contribution in [0.2, 0.25) is 0 Å². The number of nitrogens with two attached hydrogens (primary N) is 1. The molecule has 0 aliphatic heterocycles. The standard InChI is InChI=1S/C25H24N4O4S/c1-28(25(30)22-15-21(34(26,31)32)13-14-23(22)33-2)16-19-17-29(20-11-7-4-8-12-20)27-24(19)18-9-5-3-6-10-18/h3-15,17H,16H2,1-2H3,(H2,26,31,32). The van der Waals surface area contributed by atoms with E-state index in [9.17, 15) is 13.2 Å². The average Bonchev–Trinajstić information content (AvgIpc) is 3.27. The van der Waals surface area contributed by atoms with E-state index in [4.69, 9.17) is 15.0 Å². The zero-order valence-corrected chi connectivity index (χ0v) is 19.6. The van der Waals surface area contributed by atoms with Gasteiger partial charge in [-0.1, -0.05) is 48.5 Å². The zero-order valence-electron chi connectivity index (χ0n) is 18.8. The Morgan fingerprint density at radius 1 is 1.03 bits per heavy atom. The molecule has 0 saturated heterocycles. The third kappa shape index (κ3) is 4.85. The van der Waals surface area contributed by atoms with E-state index < -0.39 is 15.9 Å². The van der Waals surface area contributed by atoms with E-state index in [1.54, 1.807) is 11.7 Å². The lowest BCUT2D eigenvalue weighted by Gasteiger charge is -2.19. The van der Waals surface area contributed by atoms with E-state index in [2.05, 4.69) is 0 Å². The topological polar surface area (TPSA) is 108 Å². The van der Waals surface area contributed by atoms with Crippen molar-refractivity contribution in [3.63, 3.8) is 0 Å². The van der Waals surface area contributed by atoms with Crippen molar-refractivity contribution >= 4 is 15.9 Å². The molecule has 2 N–H and O–H groups in total. The van der Waals surface area contributed by atoms with Crippen molar-refractivity contribution in [1.82, 2.24) is 14.7 Å². The quantitative estimate of drug-likeness (QED) is 0.440. The molecule has 0 aliphatic carbocycles. The smallest absolute Gasteiger partial charge is 0.257 e. The minimum Gasteiger partial charge on any atom is -0.496 e. The molecular formula is C25H24N4O4S. The van der Waals surface area contributed by atoms with Gasteiger partial charge in [0.15, 0.2) is 0 Å². The lowest BCUT2D eigenvalue weighted by Crippen LogP contribution is -2.27. The summed E-state index contributed by atoms with van der Waals surface area (Å²) in [6, 6.07) is 23.4. The van der Waals surface area contributed by atoms with Gasteiger partial charge < -0.3 is 9.64 Å². The fourth-order valence-electron chi connectivity index (χ4n) is 3.64. The molecule has 4 rings (SSSR count). The lowest BCUT2D eigenvalue weighted by molar-refractivity contribution is 0.0781. The highest BCUT2D eigenvalue weighted by molar-refractivity contribution is 7.89. The number of ether oxygens (including phenoxy) is 1. The van der Waals surface area contributed by atoms with Gasteiger partial charge in [0.25, 0.3) is 5.91 Å². The molecule has 0 radical (unpaired) electrons. The summed E-state index contributed by atoms with van der Waals surface area (Å²) in [5.41, 5.74) is 3.49. The second-order valence-corrected chi connectivity index (χ2v) is 9.28. The summed E-state index contributed by atoms with van der Waals surface area (Å²) in [5, 5.41) is 10.0. The number of sulfonamides is 1. The van der Waals surface area contributed by atoms with Gasteiger partial charge in [0, 0.05) is 30.9 Å². The van der Waals surface area contributed by atoms with Crippen LogP contribution in [0.3, 0.4) is 0 Å². The molecule has 3 aromatic carbocycles. The summed E-state index contributed by atoms with van der Waals surface area (Å²) in [4.78, 5) is 14.6. The van der Waals surface area contributed by atoms with E-state index in [1.807, 2.05) is 66.9 Å². The number of nitrogens with zero attached hydrogens (tertiary/aromatic N) is 3. The van der Waals surface area contributed by atoms with Crippen LogP contribution in [-0.4, -0.2) is 43.2 Å². The van der Waals surface area contributed by atoms with Crippen molar-refractivity contribution in [2.24, 2.45) is 5.14 Å². The minimum atomic E-state index is -3.98. The number of benzene rings is 3. The number of primary sulfonamides is 1. The Kier molecular flexibility index (Phi) is 6.49. The first kappa shape index (κ1) is 23.2. The van der Waals surface area contributed by atoms with Crippen LogP contribution in [0, 0.1) is 0 Å². The number of methoxy groups -OCH3 is 1. The molecular weight excluding hydrogens is 452 g/mol. The van der Waals surface area contributed by atoms with E-state index in [-0.39, 0.29) is 22.8 Å². The summed E-state index contributed by atoms with van der Waals surface area (Å²) < 4.78 is 30.7. The number of hydrogen-bond acceptors (Lipinski definition) is 5. The molecule has 0 atom stereocenters. The van der Waals surface area contributed by atoms with Gasteiger partial charge in [-0.15, -0.1) is 0 Å². The van der Waals surface area contributed by atoms with Gasteiger partial charge in [-0.2, -0.15) is 5.10 Å². The first-order valence-electron chi connectivity index (χ1n) is 10.4. The van der Waals surface area contributed by atoms with Crippen LogP contribution in [0.4, 0.5) is 0 Å². The molecule has 1 heterocycles. The van der Waals surface area contributed by atoms with Gasteiger partial charge >= 0.3 is 0 Å². The number of amides is 1. The van der Waals surface area contributed by atoms with Gasteiger partial charge in [-0.25, -0.2) is 18.2 Å². The van der Waals surface area contributed by atoms with E-state index >= 15 is 0 Å². The molecule has 0 unspecified atom stereocenters. The summed E-state index contributed by atoms with van der Waals surface area (Å²) in [6.07, 6.45) is 1.89. The van der Waals surface area contributed by atoms with Crippen molar-refractivity contribution in [3.05, 3.63) is 96.2 Å². The second kappa shape index (κ2) is 9.50. The summed E-state index contributed by atoms with van der Waals surface area (Å²) in [5.74, 6) is -0.152. The van der Waals surface area contributed by atoms with Crippen LogP contribution in [0.25, 0.3) is 16.9 Å². The molecule has 0 spiro atoms. The van der Waals surface area contributed by atoms with Crippen LogP contribution in [0.5, 0.6) is 5.75 Å². The second-order valence-electron chi connectivity index (χ2n) is 7.72. The number of carbonyl (C=O) groups excluding carboxylic acids is 1. The molecule has 8 nitrogen and oxygen atoms in total. The maximum atomic E-state index is 13.3. The first-order valence-corrected chi connectivity index (χ1v) is 12.0. The summed E-state index contributed by atoms with van der Waals surface area (Å²) in [6.45, 7) is 0.235. The maximum Gasteiger partial charge on any atom is 0.257 e. The van der Waals surface area contributed by atoms with Crippen molar-refractivity contribution in [3.8, 4) is 22.7 Å². The van der Waals surface area contributed by atoms with Crippen LogP contribution in [0.15, 0.2) is 90.0 Å². The Bertz CT molecular complexity index is 1420. The van der Waals surface area contributed by atoms with Crippen molar-refractivity contribution in [2.45, 2.75) is 11.4 Å². The molecule has 0 aliphatic rings. The fraction of sp³-hybridized carbons (Fsp3) is 0.120. The van der Waals surface area contributed by atoms with Gasteiger partial charge in [0.05, 0.1) is 29.0 Å². The molecule has 174 valence electrons. The van der Waals surface area contributed by atoms with Crippen LogP contribution >= 0.6 is 0 Å². The summed E-state index contributed by atoms with van der Waals surface area (Å²) in [7, 11) is -0.922. The van der Waals surface area contributed by atoms with Crippen molar-refractivity contribution < 1.29 is 17.9 Å². The van der Waals surface area contributed by atoms with Gasteiger partial charge in [0.2, 0.25) is 10.0 Å². The highest BCUT2D eigenvalue weighted by Gasteiger charge is 2.22. The molecule has 9 heteroatoms. The highest BCUT2D eigenvalue weighted by atomic mass is 32.2. The first-order chi connectivity index (χ1) is 16.3. The molecule has 1 aromatic heterocycles. The minimum absolute atomic E-state index is 0.105. The Morgan fingerprint density at radius 2 is 1.68 bits per heavy atom. The largest absolute Gasteiger partial charge is 0.496 e. The normalized spacial score (nSPS) is 11.3. The fourth-order valence-corrected chi connectivity index (χ4v) is 4.18. The monoisotopic (exact) mass is 476 g/mol. The maximum absolute atomic E-state index is 13.3. The van der Waals surface area contributed by atoms with Crippen LogP contribution in [0.1, 0.15) is 15.9 Å². The van der Waals surface area contributed by atoms with Crippen molar-refractivity contribution in [2.75, 3.05) is 14.2 Å². The number of carbonyl (C=O) groups is 1. The van der Waals surface area contributed by atoms with Gasteiger partial charge in [-0.05, 0) is 30.3 Å². The van der Waals surface area contributed by atoms with Crippen LogP contribution in [-0.2, 0) is 16.6 Å². The van der Waals surface area contributed by atoms with Crippen LogP contribution < -0.4 is 9.88 Å². The molecule has 0 fully saturated rings. The third-order valence-corrected chi connectivity index (χ3v) is 6.25. The zero-order chi connectivity index (χ0) is 24.3. The highest BCUT2D eigenvalue weighted by Crippen LogP contribution is 2.27. The molecule has 0 bridgehead atoms. The predicted molar refractivity (Wildman–Crippen MR) is 129 cm³/mol. The van der Waals surface area contributed by atoms with E-state index in [1.165, 1.54) is 30.2 Å². The average molecular weight is 477 g/mol. The number of aromatic nitrogens is 2. The lowest BCUT2D eigenvalue weighted by atomic mass is 10.1. The Morgan fingerprint density at radius 3 is 2.29 bits per heavy atom. The number of hydrogen-bond donors (Lipinski definition) is 1. The summed E-state index contributed by atoms with van der Waals surface area (Å²) >= 11 is 0. The van der Waals surface area contributed by atoms with E-state index in [0.29, 0.717) is 0 Å². The Balaban J connectivity index is 1.71. The van der Waals surface area contributed by atoms with E-state index in [0.717, 1.165) is 22.5 Å². The molecule has 4 aromatic rings.